The van der Waals surface area contributed by atoms with Gasteiger partial charge in [0.25, 0.3) is 0 Å². The van der Waals surface area contributed by atoms with Gasteiger partial charge in [0.05, 0.1) is 0 Å². The smallest absolute Gasteiger partial charge is 0.129 e. The fraction of sp³-hybridized carbons (Fsp3) is 0.462. The molecule has 0 fully saturated rings. The van der Waals surface area contributed by atoms with Gasteiger partial charge in [-0.25, -0.2) is 0 Å². The van der Waals surface area contributed by atoms with Crippen molar-refractivity contribution in [2.75, 3.05) is 5.73 Å². The van der Waals surface area contributed by atoms with E-state index in [-0.39, 0.29) is 5.78 Å². The number of rotatable bonds is 5. The average Bonchev–Trinajstić information content (AvgIpc) is 2.21. The SMILES string of the molecule is CCC(CCC(C)=O)c1ccc(N)cc1. The quantitative estimate of drug-likeness (QED) is 0.750. The van der Waals surface area contributed by atoms with Crippen LogP contribution in [0.25, 0.3) is 0 Å². The van der Waals surface area contributed by atoms with E-state index in [9.17, 15) is 4.79 Å². The van der Waals surface area contributed by atoms with E-state index in [1.165, 1.54) is 5.56 Å². The van der Waals surface area contributed by atoms with Gasteiger partial charge in [-0.1, -0.05) is 19.1 Å². The molecule has 2 N–H and O–H groups in total. The number of hydrogen-bond donors (Lipinski definition) is 1. The zero-order chi connectivity index (χ0) is 11.3. The molecule has 1 unspecified atom stereocenters. The van der Waals surface area contributed by atoms with Gasteiger partial charge in [-0.3, -0.25) is 0 Å². The van der Waals surface area contributed by atoms with Crippen LogP contribution >= 0.6 is 0 Å². The highest BCUT2D eigenvalue weighted by atomic mass is 16.1. The van der Waals surface area contributed by atoms with Crippen LogP contribution in [-0.4, -0.2) is 5.78 Å². The summed E-state index contributed by atoms with van der Waals surface area (Å²) in [6.45, 7) is 3.80. The Balaban J connectivity index is 2.65. The Morgan fingerprint density at radius 1 is 1.33 bits per heavy atom. The van der Waals surface area contributed by atoms with Crippen LogP contribution in [0.3, 0.4) is 0 Å². The van der Waals surface area contributed by atoms with Crippen LogP contribution in [0.2, 0.25) is 0 Å². The lowest BCUT2D eigenvalue weighted by atomic mass is 9.91. The van der Waals surface area contributed by atoms with Gasteiger partial charge < -0.3 is 10.5 Å². The fourth-order valence-electron chi connectivity index (χ4n) is 1.75. The first kappa shape index (κ1) is 11.8. The molecule has 0 bridgehead atoms. The van der Waals surface area contributed by atoms with Crippen molar-refractivity contribution in [1.82, 2.24) is 0 Å². The molecule has 0 aliphatic rings. The summed E-state index contributed by atoms with van der Waals surface area (Å²) in [4.78, 5) is 10.9. The second-order valence-corrected chi connectivity index (χ2v) is 4.01. The molecule has 82 valence electrons. The number of carbonyl (C=O) groups excluding carboxylic acids is 1. The van der Waals surface area contributed by atoms with Crippen LogP contribution in [0.5, 0.6) is 0 Å². The number of nitrogen functional groups attached to an aromatic ring is 1. The zero-order valence-corrected chi connectivity index (χ0v) is 9.49. The molecular formula is C13H19NO. The Kier molecular flexibility index (Phi) is 4.35. The lowest BCUT2D eigenvalue weighted by Crippen LogP contribution is -2.01. The first-order valence-electron chi connectivity index (χ1n) is 5.48. The Hall–Kier alpha value is -1.31. The van der Waals surface area contributed by atoms with Crippen molar-refractivity contribution in [3.05, 3.63) is 29.8 Å². The predicted octanol–water partition coefficient (Wildman–Crippen LogP) is 3.13. The van der Waals surface area contributed by atoms with E-state index in [0.29, 0.717) is 12.3 Å². The van der Waals surface area contributed by atoms with Gasteiger partial charge >= 0.3 is 0 Å². The van der Waals surface area contributed by atoms with E-state index >= 15 is 0 Å². The highest BCUT2D eigenvalue weighted by Gasteiger charge is 2.09. The minimum atomic E-state index is 0.267. The van der Waals surface area contributed by atoms with E-state index in [4.69, 9.17) is 5.73 Å². The van der Waals surface area contributed by atoms with Crippen LogP contribution in [0.4, 0.5) is 5.69 Å². The molecule has 15 heavy (non-hydrogen) atoms. The number of Topliss-reactive ketones (excluding diaryl/α,β-unsaturated/α-hetero) is 1. The van der Waals surface area contributed by atoms with Crippen molar-refractivity contribution in [2.45, 2.75) is 39.0 Å². The molecule has 0 saturated heterocycles. The first-order valence-corrected chi connectivity index (χ1v) is 5.48. The normalized spacial score (nSPS) is 12.4. The van der Waals surface area contributed by atoms with Crippen molar-refractivity contribution < 1.29 is 4.79 Å². The van der Waals surface area contributed by atoms with Gasteiger partial charge in [0.2, 0.25) is 0 Å². The molecular weight excluding hydrogens is 186 g/mol. The third-order valence-corrected chi connectivity index (χ3v) is 2.75. The minimum Gasteiger partial charge on any atom is -0.399 e. The molecule has 1 rings (SSSR count). The largest absolute Gasteiger partial charge is 0.399 e. The Morgan fingerprint density at radius 2 is 1.93 bits per heavy atom. The van der Waals surface area contributed by atoms with Crippen LogP contribution in [0.1, 0.15) is 44.6 Å². The summed E-state index contributed by atoms with van der Waals surface area (Å²) in [6, 6.07) is 7.96. The van der Waals surface area contributed by atoms with E-state index in [2.05, 4.69) is 19.1 Å². The van der Waals surface area contributed by atoms with Crippen LogP contribution in [-0.2, 0) is 4.79 Å². The molecule has 0 heterocycles. The van der Waals surface area contributed by atoms with Crippen LogP contribution in [0, 0.1) is 0 Å². The number of ketones is 1. The average molecular weight is 205 g/mol. The highest BCUT2D eigenvalue weighted by Crippen LogP contribution is 2.25. The van der Waals surface area contributed by atoms with Crippen LogP contribution in [0.15, 0.2) is 24.3 Å². The maximum absolute atomic E-state index is 10.9. The second kappa shape index (κ2) is 5.54. The summed E-state index contributed by atoms with van der Waals surface area (Å²) in [5.41, 5.74) is 7.71. The lowest BCUT2D eigenvalue weighted by molar-refractivity contribution is -0.117. The molecule has 2 heteroatoms. The summed E-state index contributed by atoms with van der Waals surface area (Å²) >= 11 is 0. The maximum Gasteiger partial charge on any atom is 0.129 e. The molecule has 0 amide bonds. The van der Waals surface area contributed by atoms with Gasteiger partial charge in [-0.2, -0.15) is 0 Å². The van der Waals surface area contributed by atoms with Gasteiger partial charge in [0.15, 0.2) is 0 Å². The number of nitrogens with two attached hydrogens (primary N) is 1. The third kappa shape index (κ3) is 3.74. The summed E-state index contributed by atoms with van der Waals surface area (Å²) in [7, 11) is 0. The molecule has 1 atom stereocenters. The summed E-state index contributed by atoms with van der Waals surface area (Å²) in [6.07, 6.45) is 2.68. The standard InChI is InChI=1S/C13H19NO/c1-3-11(5-4-10(2)15)12-6-8-13(14)9-7-12/h6-9,11H,3-5,14H2,1-2H3. The molecule has 2 nitrogen and oxygen atoms in total. The molecule has 0 saturated carbocycles. The number of carbonyl (C=O) groups is 1. The fourth-order valence-corrected chi connectivity index (χ4v) is 1.75. The Labute approximate surface area is 91.5 Å². The van der Waals surface area contributed by atoms with Gasteiger partial charge in [-0.15, -0.1) is 0 Å². The van der Waals surface area contributed by atoms with Gasteiger partial charge in [0, 0.05) is 12.1 Å². The first-order chi connectivity index (χ1) is 7.13. The minimum absolute atomic E-state index is 0.267. The predicted molar refractivity (Wildman–Crippen MR) is 63.8 cm³/mol. The molecule has 0 aromatic heterocycles. The third-order valence-electron chi connectivity index (χ3n) is 2.75. The number of anilines is 1. The van der Waals surface area contributed by atoms with Crippen molar-refractivity contribution in [2.24, 2.45) is 0 Å². The summed E-state index contributed by atoms with van der Waals surface area (Å²) in [5, 5.41) is 0. The van der Waals surface area contributed by atoms with Gasteiger partial charge in [0.1, 0.15) is 5.78 Å². The molecule has 0 radical (unpaired) electrons. The molecule has 1 aromatic carbocycles. The van der Waals surface area contributed by atoms with E-state index in [1.807, 2.05) is 12.1 Å². The highest BCUT2D eigenvalue weighted by molar-refractivity contribution is 5.75. The Bertz CT molecular complexity index is 316. The summed E-state index contributed by atoms with van der Waals surface area (Å²) < 4.78 is 0. The monoisotopic (exact) mass is 205 g/mol. The van der Waals surface area contributed by atoms with E-state index < -0.39 is 0 Å². The van der Waals surface area contributed by atoms with Gasteiger partial charge in [-0.05, 0) is 43.4 Å². The number of hydrogen-bond acceptors (Lipinski definition) is 2. The topological polar surface area (TPSA) is 43.1 Å². The van der Waals surface area contributed by atoms with Crippen LogP contribution < -0.4 is 5.73 Å². The van der Waals surface area contributed by atoms with Crippen molar-refractivity contribution >= 4 is 11.5 Å². The maximum atomic E-state index is 10.9. The van der Waals surface area contributed by atoms with Crippen molar-refractivity contribution in [3.8, 4) is 0 Å². The molecule has 0 aliphatic carbocycles. The second-order valence-electron chi connectivity index (χ2n) is 4.01. The molecule has 0 spiro atoms. The van der Waals surface area contributed by atoms with E-state index in [0.717, 1.165) is 18.5 Å². The lowest BCUT2D eigenvalue weighted by Gasteiger charge is -2.14. The zero-order valence-electron chi connectivity index (χ0n) is 9.49. The van der Waals surface area contributed by atoms with Crippen molar-refractivity contribution in [3.63, 3.8) is 0 Å². The molecule has 0 aliphatic heterocycles. The number of benzene rings is 1. The molecule has 1 aromatic rings. The summed E-state index contributed by atoms with van der Waals surface area (Å²) in [5.74, 6) is 0.749. The Morgan fingerprint density at radius 3 is 2.40 bits per heavy atom. The van der Waals surface area contributed by atoms with E-state index in [1.54, 1.807) is 6.92 Å². The van der Waals surface area contributed by atoms with Crippen molar-refractivity contribution in [1.29, 1.82) is 0 Å².